The van der Waals surface area contributed by atoms with Crippen LogP contribution in [0.3, 0.4) is 0 Å². The highest BCUT2D eigenvalue weighted by molar-refractivity contribution is 5.30. The first-order valence-corrected chi connectivity index (χ1v) is 4.46. The average molecular weight is 200 g/mol. The fourth-order valence-corrected chi connectivity index (χ4v) is 1.18. The third-order valence-electron chi connectivity index (χ3n) is 2.10. The van der Waals surface area contributed by atoms with Gasteiger partial charge >= 0.3 is 0 Å². The van der Waals surface area contributed by atoms with E-state index in [4.69, 9.17) is 9.84 Å². The van der Waals surface area contributed by atoms with Crippen LogP contribution in [0.25, 0.3) is 0 Å². The molecule has 1 N–H and O–H groups in total. The lowest BCUT2D eigenvalue weighted by Crippen LogP contribution is -2.00. The molecule has 1 aliphatic rings. The number of hydrogen-bond donors (Lipinski definition) is 1. The molecule has 1 saturated carbocycles. The summed E-state index contributed by atoms with van der Waals surface area (Å²) in [7, 11) is 0. The molecule has 14 heavy (non-hydrogen) atoms. The lowest BCUT2D eigenvalue weighted by Gasteiger charge is -2.07. The predicted octanol–water partition coefficient (Wildman–Crippen LogP) is 2.00. The van der Waals surface area contributed by atoms with Gasteiger partial charge in [-0.1, -0.05) is 0 Å². The molecular formula is C10H10F2O2. The fraction of sp³-hybridized carbons (Fsp3) is 0.400. The van der Waals surface area contributed by atoms with Gasteiger partial charge in [-0.15, -0.1) is 0 Å². The Bertz CT molecular complexity index is 325. The van der Waals surface area contributed by atoms with E-state index in [1.807, 2.05) is 0 Å². The smallest absolute Gasteiger partial charge is 0.135 e. The second kappa shape index (κ2) is 3.53. The van der Waals surface area contributed by atoms with E-state index in [0.29, 0.717) is 0 Å². The van der Waals surface area contributed by atoms with E-state index in [2.05, 4.69) is 0 Å². The highest BCUT2D eigenvalue weighted by atomic mass is 19.1. The van der Waals surface area contributed by atoms with Crippen LogP contribution in [0.1, 0.15) is 18.4 Å². The number of ether oxygens (including phenoxy) is 1. The molecule has 0 heterocycles. The summed E-state index contributed by atoms with van der Waals surface area (Å²) >= 11 is 0. The minimum absolute atomic E-state index is 0.105. The molecular weight excluding hydrogens is 190 g/mol. The summed E-state index contributed by atoms with van der Waals surface area (Å²) in [5.41, 5.74) is -0.312. The van der Waals surface area contributed by atoms with Gasteiger partial charge in [0, 0.05) is 17.7 Å². The number of aliphatic hydroxyl groups is 1. The van der Waals surface area contributed by atoms with Crippen molar-refractivity contribution in [1.82, 2.24) is 0 Å². The first-order valence-electron chi connectivity index (χ1n) is 4.46. The lowest BCUT2D eigenvalue weighted by molar-refractivity contribution is 0.265. The summed E-state index contributed by atoms with van der Waals surface area (Å²) in [6, 6.07) is 2.21. The van der Waals surface area contributed by atoms with Gasteiger partial charge in [-0.3, -0.25) is 0 Å². The Balaban J connectivity index is 2.25. The number of aliphatic hydroxyl groups excluding tert-OH is 1. The van der Waals surface area contributed by atoms with E-state index in [0.717, 1.165) is 25.0 Å². The Morgan fingerprint density at radius 1 is 1.29 bits per heavy atom. The lowest BCUT2D eigenvalue weighted by atomic mass is 10.2. The maximum absolute atomic E-state index is 13.1. The summed E-state index contributed by atoms with van der Waals surface area (Å²) in [5.74, 6) is -1.33. The van der Waals surface area contributed by atoms with Crippen molar-refractivity contribution in [1.29, 1.82) is 0 Å². The highest BCUT2D eigenvalue weighted by Gasteiger charge is 2.24. The van der Waals surface area contributed by atoms with Crippen LogP contribution in [0.5, 0.6) is 5.75 Å². The maximum Gasteiger partial charge on any atom is 0.135 e. The van der Waals surface area contributed by atoms with Crippen molar-refractivity contribution in [2.45, 2.75) is 25.6 Å². The van der Waals surface area contributed by atoms with Crippen LogP contribution in [0, 0.1) is 11.6 Å². The Hall–Kier alpha value is -1.16. The second-order valence-electron chi connectivity index (χ2n) is 3.34. The molecule has 0 atom stereocenters. The van der Waals surface area contributed by atoms with Crippen molar-refractivity contribution in [2.75, 3.05) is 0 Å². The SMILES string of the molecule is OCc1c(F)cc(OC2CC2)cc1F. The van der Waals surface area contributed by atoms with Gasteiger partial charge in [0.1, 0.15) is 17.4 Å². The number of rotatable bonds is 3. The standard InChI is InChI=1S/C10H10F2O2/c11-9-3-7(14-6-1-2-6)4-10(12)8(9)5-13/h3-4,6,13H,1-2,5H2. The van der Waals surface area contributed by atoms with Crippen LogP contribution < -0.4 is 4.74 Å². The van der Waals surface area contributed by atoms with Crippen LogP contribution in [-0.4, -0.2) is 11.2 Å². The maximum atomic E-state index is 13.1. The third kappa shape index (κ3) is 1.85. The van der Waals surface area contributed by atoms with E-state index >= 15 is 0 Å². The zero-order chi connectivity index (χ0) is 10.1. The molecule has 2 nitrogen and oxygen atoms in total. The Morgan fingerprint density at radius 2 is 1.86 bits per heavy atom. The molecule has 1 aromatic carbocycles. The summed E-state index contributed by atoms with van der Waals surface area (Å²) in [5, 5.41) is 8.66. The molecule has 2 rings (SSSR count). The van der Waals surface area contributed by atoms with Crippen molar-refractivity contribution in [3.8, 4) is 5.75 Å². The van der Waals surface area contributed by atoms with Crippen LogP contribution in [0.4, 0.5) is 8.78 Å². The Morgan fingerprint density at radius 3 is 2.29 bits per heavy atom. The first-order chi connectivity index (χ1) is 6.70. The molecule has 0 unspecified atom stereocenters. The summed E-state index contributed by atoms with van der Waals surface area (Å²) in [6.07, 6.45) is 1.98. The number of halogens is 2. The summed E-state index contributed by atoms with van der Waals surface area (Å²) in [4.78, 5) is 0. The largest absolute Gasteiger partial charge is 0.490 e. The van der Waals surface area contributed by atoms with Crippen LogP contribution in [0.15, 0.2) is 12.1 Å². The molecule has 0 spiro atoms. The van der Waals surface area contributed by atoms with Crippen LogP contribution >= 0.6 is 0 Å². The Kier molecular flexibility index (Phi) is 2.37. The van der Waals surface area contributed by atoms with E-state index in [1.54, 1.807) is 0 Å². The van der Waals surface area contributed by atoms with Crippen molar-refractivity contribution >= 4 is 0 Å². The molecule has 76 valence electrons. The molecule has 0 radical (unpaired) electrons. The average Bonchev–Trinajstić information content (AvgIpc) is 2.87. The first kappa shape index (κ1) is 9.40. The number of benzene rings is 1. The van der Waals surface area contributed by atoms with E-state index in [1.165, 1.54) is 0 Å². The van der Waals surface area contributed by atoms with Gasteiger partial charge in [0.15, 0.2) is 0 Å². The van der Waals surface area contributed by atoms with Gasteiger partial charge < -0.3 is 9.84 Å². The van der Waals surface area contributed by atoms with E-state index in [-0.39, 0.29) is 17.4 Å². The summed E-state index contributed by atoms with van der Waals surface area (Å²) < 4.78 is 31.4. The van der Waals surface area contributed by atoms with E-state index in [9.17, 15) is 8.78 Å². The van der Waals surface area contributed by atoms with Gasteiger partial charge in [0.25, 0.3) is 0 Å². The predicted molar refractivity (Wildman–Crippen MR) is 45.9 cm³/mol. The molecule has 0 aromatic heterocycles. The van der Waals surface area contributed by atoms with Crippen molar-refractivity contribution in [3.63, 3.8) is 0 Å². The normalized spacial score (nSPS) is 15.6. The number of hydrogen-bond acceptors (Lipinski definition) is 2. The van der Waals surface area contributed by atoms with Gasteiger partial charge in [-0.05, 0) is 12.8 Å². The third-order valence-corrected chi connectivity index (χ3v) is 2.10. The minimum Gasteiger partial charge on any atom is -0.490 e. The quantitative estimate of drug-likeness (QED) is 0.808. The van der Waals surface area contributed by atoms with Crippen molar-refractivity contribution in [2.24, 2.45) is 0 Å². The van der Waals surface area contributed by atoms with Crippen molar-refractivity contribution < 1.29 is 18.6 Å². The highest BCUT2D eigenvalue weighted by Crippen LogP contribution is 2.28. The topological polar surface area (TPSA) is 29.5 Å². The molecule has 0 amide bonds. The summed E-state index contributed by atoms with van der Waals surface area (Å²) in [6.45, 7) is -0.638. The zero-order valence-corrected chi connectivity index (χ0v) is 7.46. The molecule has 1 fully saturated rings. The molecule has 0 saturated heterocycles. The van der Waals surface area contributed by atoms with Gasteiger partial charge in [0.2, 0.25) is 0 Å². The monoisotopic (exact) mass is 200 g/mol. The van der Waals surface area contributed by atoms with Gasteiger partial charge in [-0.25, -0.2) is 8.78 Å². The molecule has 1 aromatic rings. The zero-order valence-electron chi connectivity index (χ0n) is 7.46. The molecule has 0 bridgehead atoms. The molecule has 1 aliphatic carbocycles. The molecule has 4 heteroatoms. The minimum atomic E-state index is -0.761. The Labute approximate surface area is 80.1 Å². The van der Waals surface area contributed by atoms with E-state index < -0.39 is 18.2 Å². The van der Waals surface area contributed by atoms with Crippen molar-refractivity contribution in [3.05, 3.63) is 29.3 Å². The second-order valence-corrected chi connectivity index (χ2v) is 3.34. The van der Waals surface area contributed by atoms with Crippen LogP contribution in [-0.2, 0) is 6.61 Å². The van der Waals surface area contributed by atoms with Crippen LogP contribution in [0.2, 0.25) is 0 Å². The van der Waals surface area contributed by atoms with Gasteiger partial charge in [-0.2, -0.15) is 0 Å². The molecule has 0 aliphatic heterocycles. The van der Waals surface area contributed by atoms with Gasteiger partial charge in [0.05, 0.1) is 12.7 Å². The fourth-order valence-electron chi connectivity index (χ4n) is 1.18.